The highest BCUT2D eigenvalue weighted by atomic mass is 16.5. The van der Waals surface area contributed by atoms with Crippen LogP contribution < -0.4 is 10.1 Å². The lowest BCUT2D eigenvalue weighted by molar-refractivity contribution is 0.127. The maximum atomic E-state index is 11.8. The van der Waals surface area contributed by atoms with Crippen molar-refractivity contribution in [3.8, 4) is 5.75 Å². The highest BCUT2D eigenvalue weighted by Gasteiger charge is 2.30. The van der Waals surface area contributed by atoms with Gasteiger partial charge in [-0.1, -0.05) is 48.5 Å². The first-order valence-electron chi connectivity index (χ1n) is 7.51. The van der Waals surface area contributed by atoms with Crippen LogP contribution >= 0.6 is 0 Å². The average molecular weight is 297 g/mol. The second-order valence-corrected chi connectivity index (χ2v) is 5.21. The monoisotopic (exact) mass is 297 g/mol. The molecule has 0 saturated heterocycles. The molecule has 0 spiro atoms. The lowest BCUT2D eigenvalue weighted by Crippen LogP contribution is -2.33. The number of ether oxygens (including phenoxy) is 2. The van der Waals surface area contributed by atoms with E-state index in [0.717, 1.165) is 16.9 Å². The molecular weight excluding hydrogens is 278 g/mol. The number of alkyl carbamates (subject to hydrolysis) is 1. The Kier molecular flexibility index (Phi) is 4.28. The maximum absolute atomic E-state index is 11.8. The molecule has 0 aromatic heterocycles. The van der Waals surface area contributed by atoms with Gasteiger partial charge in [0.15, 0.2) is 0 Å². The largest absolute Gasteiger partial charge is 0.485 e. The van der Waals surface area contributed by atoms with Crippen molar-refractivity contribution < 1.29 is 14.3 Å². The molecule has 4 heteroatoms. The Balaban J connectivity index is 1.86. The number of carbonyl (C=O) groups excluding carboxylic acids is 1. The minimum absolute atomic E-state index is 0.0805. The lowest BCUT2D eigenvalue weighted by atomic mass is 9.93. The number of fused-ring (bicyclic) bond motifs is 1. The fourth-order valence-electron chi connectivity index (χ4n) is 2.74. The van der Waals surface area contributed by atoms with Gasteiger partial charge in [0.1, 0.15) is 11.9 Å². The Hall–Kier alpha value is -2.49. The minimum atomic E-state index is -0.393. The van der Waals surface area contributed by atoms with Gasteiger partial charge in [0.25, 0.3) is 0 Å². The van der Waals surface area contributed by atoms with Crippen LogP contribution in [0.2, 0.25) is 0 Å². The Labute approximate surface area is 130 Å². The van der Waals surface area contributed by atoms with Crippen LogP contribution in [0.25, 0.3) is 0 Å². The smallest absolute Gasteiger partial charge is 0.407 e. The number of nitrogens with one attached hydrogen (secondary N) is 1. The molecule has 22 heavy (non-hydrogen) atoms. The highest BCUT2D eigenvalue weighted by molar-refractivity contribution is 5.68. The summed E-state index contributed by atoms with van der Waals surface area (Å²) in [5, 5.41) is 2.93. The van der Waals surface area contributed by atoms with Crippen molar-refractivity contribution >= 4 is 6.09 Å². The summed E-state index contributed by atoms with van der Waals surface area (Å²) < 4.78 is 11.1. The normalized spacial score (nSPS) is 19.7. The topological polar surface area (TPSA) is 47.6 Å². The zero-order valence-electron chi connectivity index (χ0n) is 12.5. The van der Waals surface area contributed by atoms with Crippen LogP contribution in [0.5, 0.6) is 5.75 Å². The van der Waals surface area contributed by atoms with Gasteiger partial charge in [0, 0.05) is 12.0 Å². The first kappa shape index (κ1) is 14.4. The third kappa shape index (κ3) is 3.06. The van der Waals surface area contributed by atoms with Gasteiger partial charge in [-0.25, -0.2) is 4.79 Å². The van der Waals surface area contributed by atoms with Crippen molar-refractivity contribution in [2.45, 2.75) is 25.5 Å². The van der Waals surface area contributed by atoms with Crippen LogP contribution in [0.3, 0.4) is 0 Å². The summed E-state index contributed by atoms with van der Waals surface area (Å²) in [6, 6.07) is 17.7. The number of para-hydroxylation sites is 1. The molecule has 1 amide bonds. The molecule has 1 heterocycles. The van der Waals surface area contributed by atoms with Crippen molar-refractivity contribution in [1.29, 1.82) is 0 Å². The average Bonchev–Trinajstić information content (AvgIpc) is 2.56. The molecule has 0 unspecified atom stereocenters. The molecule has 2 aromatic rings. The number of amides is 1. The second kappa shape index (κ2) is 6.52. The van der Waals surface area contributed by atoms with Gasteiger partial charge in [0.2, 0.25) is 0 Å². The fourth-order valence-corrected chi connectivity index (χ4v) is 2.74. The molecule has 2 aromatic carbocycles. The lowest BCUT2D eigenvalue weighted by Gasteiger charge is -2.32. The van der Waals surface area contributed by atoms with E-state index in [4.69, 9.17) is 9.47 Å². The molecule has 2 atom stereocenters. The van der Waals surface area contributed by atoms with Crippen LogP contribution in [-0.2, 0) is 4.74 Å². The van der Waals surface area contributed by atoms with Gasteiger partial charge < -0.3 is 14.8 Å². The minimum Gasteiger partial charge on any atom is -0.485 e. The molecule has 0 fully saturated rings. The molecule has 0 aliphatic carbocycles. The van der Waals surface area contributed by atoms with E-state index < -0.39 is 6.09 Å². The van der Waals surface area contributed by atoms with E-state index in [1.807, 2.05) is 54.6 Å². The van der Waals surface area contributed by atoms with Crippen molar-refractivity contribution in [3.63, 3.8) is 0 Å². The van der Waals surface area contributed by atoms with E-state index in [2.05, 4.69) is 5.32 Å². The fraction of sp³-hybridized carbons (Fsp3) is 0.278. The molecule has 1 aliphatic heterocycles. The van der Waals surface area contributed by atoms with Crippen LogP contribution in [0.15, 0.2) is 54.6 Å². The summed E-state index contributed by atoms with van der Waals surface area (Å²) in [6.45, 7) is 2.16. The molecule has 0 bridgehead atoms. The SMILES string of the molecule is CCOC(=O)N[C@H]1C[C@H](c2ccccc2)Oc2ccccc21. The first-order chi connectivity index (χ1) is 10.8. The Morgan fingerprint density at radius 2 is 1.91 bits per heavy atom. The van der Waals surface area contributed by atoms with Crippen molar-refractivity contribution in [3.05, 3.63) is 65.7 Å². The molecule has 114 valence electrons. The number of carbonyl (C=O) groups is 1. The molecular formula is C18H19NO3. The zero-order chi connectivity index (χ0) is 15.4. The highest BCUT2D eigenvalue weighted by Crippen LogP contribution is 2.40. The van der Waals surface area contributed by atoms with E-state index in [-0.39, 0.29) is 12.1 Å². The number of hydrogen-bond acceptors (Lipinski definition) is 3. The quantitative estimate of drug-likeness (QED) is 0.931. The predicted octanol–water partition coefficient (Wildman–Crippen LogP) is 4.00. The third-order valence-electron chi connectivity index (χ3n) is 3.75. The summed E-state index contributed by atoms with van der Waals surface area (Å²) in [7, 11) is 0. The Bertz CT molecular complexity index is 642. The number of hydrogen-bond donors (Lipinski definition) is 1. The van der Waals surface area contributed by atoms with E-state index in [0.29, 0.717) is 13.0 Å². The van der Waals surface area contributed by atoms with Gasteiger partial charge in [-0.2, -0.15) is 0 Å². The van der Waals surface area contributed by atoms with E-state index in [1.54, 1.807) is 6.92 Å². The van der Waals surface area contributed by atoms with Gasteiger partial charge in [-0.15, -0.1) is 0 Å². The Morgan fingerprint density at radius 3 is 2.68 bits per heavy atom. The summed E-state index contributed by atoms with van der Waals surface area (Å²) in [5.41, 5.74) is 2.09. The van der Waals surface area contributed by atoms with Crippen LogP contribution in [-0.4, -0.2) is 12.7 Å². The van der Waals surface area contributed by atoms with E-state index in [1.165, 1.54) is 0 Å². The van der Waals surface area contributed by atoms with Gasteiger partial charge in [-0.05, 0) is 18.6 Å². The zero-order valence-corrected chi connectivity index (χ0v) is 12.5. The Morgan fingerprint density at radius 1 is 1.18 bits per heavy atom. The van der Waals surface area contributed by atoms with Gasteiger partial charge in [0.05, 0.1) is 12.6 Å². The van der Waals surface area contributed by atoms with Crippen molar-refractivity contribution in [2.75, 3.05) is 6.61 Å². The third-order valence-corrected chi connectivity index (χ3v) is 3.75. The molecule has 4 nitrogen and oxygen atoms in total. The summed E-state index contributed by atoms with van der Waals surface area (Å²) in [6.07, 6.45) is 0.207. The van der Waals surface area contributed by atoms with Gasteiger partial charge >= 0.3 is 6.09 Å². The van der Waals surface area contributed by atoms with Crippen LogP contribution in [0.4, 0.5) is 4.79 Å². The summed E-state index contributed by atoms with van der Waals surface area (Å²) in [4.78, 5) is 11.8. The van der Waals surface area contributed by atoms with Gasteiger partial charge in [-0.3, -0.25) is 0 Å². The van der Waals surface area contributed by atoms with Crippen molar-refractivity contribution in [2.24, 2.45) is 0 Å². The molecule has 3 rings (SSSR count). The predicted molar refractivity (Wildman–Crippen MR) is 83.8 cm³/mol. The second-order valence-electron chi connectivity index (χ2n) is 5.21. The number of benzene rings is 2. The molecule has 0 saturated carbocycles. The van der Waals surface area contributed by atoms with Crippen molar-refractivity contribution in [1.82, 2.24) is 5.32 Å². The van der Waals surface area contributed by atoms with Crippen LogP contribution in [0, 0.1) is 0 Å². The van der Waals surface area contributed by atoms with Crippen LogP contribution in [0.1, 0.15) is 36.6 Å². The first-order valence-corrected chi connectivity index (χ1v) is 7.51. The number of rotatable bonds is 3. The summed E-state index contributed by atoms with van der Waals surface area (Å²) >= 11 is 0. The van der Waals surface area contributed by atoms with E-state index in [9.17, 15) is 4.79 Å². The van der Waals surface area contributed by atoms with E-state index >= 15 is 0 Å². The maximum Gasteiger partial charge on any atom is 0.407 e. The molecule has 1 N–H and O–H groups in total. The molecule has 0 radical (unpaired) electrons. The summed E-state index contributed by atoms with van der Waals surface area (Å²) in [5.74, 6) is 0.810. The molecule has 1 aliphatic rings. The standard InChI is InChI=1S/C18H19NO3/c1-2-21-18(20)19-15-12-17(13-8-4-3-5-9-13)22-16-11-7-6-10-14(15)16/h3-11,15,17H,2,12H2,1H3,(H,19,20)/t15-,17+/m0/s1.